The number of carbonyl (C=O) groups is 1. The lowest BCUT2D eigenvalue weighted by molar-refractivity contribution is -0.183. The molecule has 4 atom stereocenters. The molecule has 1 saturated carbocycles. The van der Waals surface area contributed by atoms with Crippen LogP contribution in [-0.4, -0.2) is 74.8 Å². The van der Waals surface area contributed by atoms with Crippen molar-refractivity contribution in [3.8, 4) is 5.75 Å². The second-order valence-electron chi connectivity index (χ2n) is 11.3. The number of halogens is 3. The van der Waals surface area contributed by atoms with Crippen molar-refractivity contribution in [3.05, 3.63) is 65.2 Å². The summed E-state index contributed by atoms with van der Waals surface area (Å²) in [6, 6.07) is 12.3. The van der Waals surface area contributed by atoms with E-state index in [1.165, 1.54) is 12.1 Å². The molecule has 2 aromatic carbocycles. The Morgan fingerprint density at radius 2 is 1.78 bits per heavy atom. The van der Waals surface area contributed by atoms with Crippen LogP contribution in [0.15, 0.2) is 48.5 Å². The molecule has 41 heavy (non-hydrogen) atoms. The molecule has 11 heteroatoms. The van der Waals surface area contributed by atoms with E-state index in [4.69, 9.17) is 23.7 Å². The first kappa shape index (κ1) is 31.2. The van der Waals surface area contributed by atoms with E-state index in [-0.39, 0.29) is 32.0 Å². The summed E-state index contributed by atoms with van der Waals surface area (Å²) in [6.07, 6.45) is -5.60. The highest BCUT2D eigenvalue weighted by atomic mass is 19.4. The quantitative estimate of drug-likeness (QED) is 0.418. The molecule has 2 aromatic rings. The Balaban J connectivity index is 1.58. The fraction of sp³-hybridized carbons (Fsp3) is 0.567. The van der Waals surface area contributed by atoms with Gasteiger partial charge in [0.1, 0.15) is 11.9 Å². The fourth-order valence-corrected chi connectivity index (χ4v) is 5.24. The molecule has 2 fully saturated rings. The number of nitrogens with one attached hydrogen (secondary N) is 1. The molecule has 2 aliphatic rings. The van der Waals surface area contributed by atoms with Crippen molar-refractivity contribution < 1.29 is 41.7 Å². The molecule has 0 aromatic heterocycles. The number of rotatable bonds is 11. The van der Waals surface area contributed by atoms with Crippen LogP contribution in [0.5, 0.6) is 5.75 Å². The zero-order chi connectivity index (χ0) is 29.8. The number of ether oxygens (including phenoxy) is 5. The smallest absolute Gasteiger partial charge is 0.416 e. The third-order valence-corrected chi connectivity index (χ3v) is 7.30. The molecule has 8 nitrogen and oxygen atoms in total. The summed E-state index contributed by atoms with van der Waals surface area (Å²) in [4.78, 5) is 15.8. The van der Waals surface area contributed by atoms with E-state index < -0.39 is 41.4 Å². The number of benzene rings is 2. The summed E-state index contributed by atoms with van der Waals surface area (Å²) in [5.41, 5.74) is -0.632. The minimum Gasteiger partial charge on any atom is -0.497 e. The van der Waals surface area contributed by atoms with Crippen molar-refractivity contribution in [2.45, 2.75) is 75.8 Å². The molecule has 1 aliphatic carbocycles. The van der Waals surface area contributed by atoms with Gasteiger partial charge in [-0.2, -0.15) is 13.2 Å². The van der Waals surface area contributed by atoms with Crippen molar-refractivity contribution in [2.75, 3.05) is 34.3 Å². The van der Waals surface area contributed by atoms with Crippen molar-refractivity contribution in [2.24, 2.45) is 0 Å². The maximum atomic E-state index is 13.8. The standard InChI is InChI=1S/C30H39F3N2O6/c1-28(2)40-25-17-29(27(36)34-13-14-35(3)4,39-19-21-7-6-8-23(15-21)37-5)16-24(26(25)41-28)38-18-20-9-11-22(12-10-20)30(31,32)33/h6-12,15,24-26H,13-14,16-19H2,1-5H3,(H,34,36)/t24?,25-,26+,29-/m1/s1. The fourth-order valence-electron chi connectivity index (χ4n) is 5.24. The lowest BCUT2D eigenvalue weighted by atomic mass is 9.78. The van der Waals surface area contributed by atoms with E-state index in [1.807, 2.05) is 43.3 Å². The Morgan fingerprint density at radius 1 is 1.05 bits per heavy atom. The third-order valence-electron chi connectivity index (χ3n) is 7.30. The van der Waals surface area contributed by atoms with Gasteiger partial charge in [0.05, 0.1) is 38.1 Å². The molecule has 1 N–H and O–H groups in total. The van der Waals surface area contributed by atoms with Gasteiger partial charge in [0.25, 0.3) is 5.91 Å². The van der Waals surface area contributed by atoms with Crippen LogP contribution < -0.4 is 10.1 Å². The molecule has 1 aliphatic heterocycles. The van der Waals surface area contributed by atoms with E-state index in [9.17, 15) is 18.0 Å². The largest absolute Gasteiger partial charge is 0.497 e. The Hall–Kier alpha value is -2.70. The number of carbonyl (C=O) groups excluding carboxylic acids is 1. The average molecular weight is 581 g/mol. The van der Waals surface area contributed by atoms with Crippen molar-refractivity contribution in [3.63, 3.8) is 0 Å². The van der Waals surface area contributed by atoms with E-state index in [1.54, 1.807) is 21.0 Å². The summed E-state index contributed by atoms with van der Waals surface area (Å²) >= 11 is 0. The average Bonchev–Trinajstić information content (AvgIpc) is 3.23. The first-order valence-electron chi connectivity index (χ1n) is 13.6. The monoisotopic (exact) mass is 580 g/mol. The zero-order valence-electron chi connectivity index (χ0n) is 24.1. The van der Waals surface area contributed by atoms with E-state index in [2.05, 4.69) is 5.32 Å². The minimum absolute atomic E-state index is 0.0318. The second-order valence-corrected chi connectivity index (χ2v) is 11.3. The highest BCUT2D eigenvalue weighted by molar-refractivity contribution is 5.85. The van der Waals surface area contributed by atoms with Gasteiger partial charge in [0.2, 0.25) is 0 Å². The first-order chi connectivity index (χ1) is 19.3. The summed E-state index contributed by atoms with van der Waals surface area (Å²) < 4.78 is 69.5. The molecule has 0 radical (unpaired) electrons. The molecule has 1 heterocycles. The van der Waals surface area contributed by atoms with Crippen molar-refractivity contribution in [1.29, 1.82) is 0 Å². The number of nitrogens with zero attached hydrogens (tertiary/aromatic N) is 1. The number of hydrogen-bond donors (Lipinski definition) is 1. The van der Waals surface area contributed by atoms with Crippen LogP contribution in [0.1, 0.15) is 43.4 Å². The van der Waals surface area contributed by atoms with Gasteiger partial charge in [-0.1, -0.05) is 24.3 Å². The molecular formula is C30H39F3N2O6. The van der Waals surface area contributed by atoms with Gasteiger partial charge in [-0.15, -0.1) is 0 Å². The van der Waals surface area contributed by atoms with Crippen LogP contribution in [0.25, 0.3) is 0 Å². The van der Waals surface area contributed by atoms with Gasteiger partial charge >= 0.3 is 6.18 Å². The van der Waals surface area contributed by atoms with Gasteiger partial charge in [-0.25, -0.2) is 0 Å². The van der Waals surface area contributed by atoms with Crippen LogP contribution in [-0.2, 0) is 43.1 Å². The van der Waals surface area contributed by atoms with Crippen LogP contribution in [0, 0.1) is 0 Å². The molecule has 4 rings (SSSR count). The maximum Gasteiger partial charge on any atom is 0.416 e. The predicted molar refractivity (Wildman–Crippen MR) is 145 cm³/mol. The number of alkyl halides is 3. The minimum atomic E-state index is -4.42. The third kappa shape index (κ3) is 7.98. The Labute approximate surface area is 239 Å². The van der Waals surface area contributed by atoms with Crippen molar-refractivity contribution in [1.82, 2.24) is 10.2 Å². The molecular weight excluding hydrogens is 541 g/mol. The van der Waals surface area contributed by atoms with Crippen LogP contribution >= 0.6 is 0 Å². The Kier molecular flexibility index (Phi) is 9.65. The van der Waals surface area contributed by atoms with Gasteiger partial charge in [-0.05, 0) is 63.3 Å². The molecule has 1 unspecified atom stereocenters. The highest BCUT2D eigenvalue weighted by Crippen LogP contribution is 2.44. The summed E-state index contributed by atoms with van der Waals surface area (Å²) in [5, 5.41) is 3.01. The number of fused-ring (bicyclic) bond motifs is 1. The lowest BCUT2D eigenvalue weighted by Gasteiger charge is -2.43. The maximum absolute atomic E-state index is 13.8. The van der Waals surface area contributed by atoms with Crippen LogP contribution in [0.3, 0.4) is 0 Å². The Morgan fingerprint density at radius 3 is 2.44 bits per heavy atom. The zero-order valence-corrected chi connectivity index (χ0v) is 24.1. The summed E-state index contributed by atoms with van der Waals surface area (Å²) in [6.45, 7) is 4.84. The first-order valence-corrected chi connectivity index (χ1v) is 13.6. The molecule has 1 amide bonds. The lowest BCUT2D eigenvalue weighted by Crippen LogP contribution is -2.60. The SMILES string of the molecule is COc1cccc(CO[C@]2(C(=O)NCCN(C)C)CC(OCc3ccc(C(F)(F)F)cc3)[C@@H]3OC(C)(C)O[C@@H]3C2)c1. The number of amides is 1. The predicted octanol–water partition coefficient (Wildman–Crippen LogP) is 4.55. The number of methoxy groups -OCH3 is 1. The topological polar surface area (TPSA) is 78.5 Å². The summed E-state index contributed by atoms with van der Waals surface area (Å²) in [5.74, 6) is -0.515. The summed E-state index contributed by atoms with van der Waals surface area (Å²) in [7, 11) is 5.42. The number of likely N-dealkylation sites (N-methyl/N-ethyl adjacent to an activating group) is 1. The van der Waals surface area contributed by atoms with Gasteiger partial charge in [-0.3, -0.25) is 4.79 Å². The normalized spacial score (nSPS) is 25.6. The molecule has 0 bridgehead atoms. The van der Waals surface area contributed by atoms with Gasteiger partial charge in [0, 0.05) is 25.9 Å². The second kappa shape index (κ2) is 12.7. The van der Waals surface area contributed by atoms with E-state index in [0.29, 0.717) is 24.4 Å². The Bertz CT molecular complexity index is 1170. The van der Waals surface area contributed by atoms with E-state index >= 15 is 0 Å². The molecule has 1 saturated heterocycles. The molecule has 226 valence electrons. The number of hydrogen-bond acceptors (Lipinski definition) is 7. The molecule has 0 spiro atoms. The van der Waals surface area contributed by atoms with E-state index in [0.717, 1.165) is 17.7 Å². The van der Waals surface area contributed by atoms with Crippen LogP contribution in [0.2, 0.25) is 0 Å². The van der Waals surface area contributed by atoms with Crippen molar-refractivity contribution >= 4 is 5.91 Å². The van der Waals surface area contributed by atoms with Crippen LogP contribution in [0.4, 0.5) is 13.2 Å². The van der Waals surface area contributed by atoms with Gasteiger partial charge in [0.15, 0.2) is 11.4 Å². The van der Waals surface area contributed by atoms with Gasteiger partial charge < -0.3 is 33.9 Å². The highest BCUT2D eigenvalue weighted by Gasteiger charge is 2.58.